The number of fused-ring (bicyclic) bond motifs is 2. The maximum absolute atomic E-state index is 12.1. The predicted octanol–water partition coefficient (Wildman–Crippen LogP) is 1.46. The van der Waals surface area contributed by atoms with Crippen LogP contribution in [0, 0.1) is 5.92 Å². The third-order valence-corrected chi connectivity index (χ3v) is 5.11. The summed E-state index contributed by atoms with van der Waals surface area (Å²) >= 11 is 0. The standard InChI is InChI=1S/C19H27N3O3/c1-25-17-4-2-3-14(12-17)19(24)21-8-7-20-18(23)11-13-9-15-5-6-16(10-13)22-15/h2-4,12-13,15-16,22H,5-11H2,1H3,(H,20,23)(H,21,24). The fraction of sp³-hybridized carbons (Fsp3) is 0.579. The molecule has 6 heteroatoms. The first kappa shape index (κ1) is 17.7. The highest BCUT2D eigenvalue weighted by atomic mass is 16.5. The van der Waals surface area contributed by atoms with Crippen LogP contribution in [-0.2, 0) is 4.79 Å². The Balaban J connectivity index is 1.33. The summed E-state index contributed by atoms with van der Waals surface area (Å²) in [5.41, 5.74) is 0.552. The summed E-state index contributed by atoms with van der Waals surface area (Å²) in [4.78, 5) is 24.1. The molecular formula is C19H27N3O3. The molecule has 2 aliphatic heterocycles. The Morgan fingerprint density at radius 2 is 1.88 bits per heavy atom. The van der Waals surface area contributed by atoms with Crippen molar-refractivity contribution in [3.8, 4) is 5.75 Å². The number of hydrogen-bond donors (Lipinski definition) is 3. The maximum Gasteiger partial charge on any atom is 0.251 e. The van der Waals surface area contributed by atoms with Gasteiger partial charge in [0, 0.05) is 37.2 Å². The molecule has 0 aromatic heterocycles. The van der Waals surface area contributed by atoms with E-state index in [1.54, 1.807) is 31.4 Å². The molecule has 2 amide bonds. The molecule has 2 fully saturated rings. The van der Waals surface area contributed by atoms with Crippen LogP contribution in [0.1, 0.15) is 42.5 Å². The number of nitrogens with one attached hydrogen (secondary N) is 3. The van der Waals surface area contributed by atoms with Gasteiger partial charge in [0.15, 0.2) is 0 Å². The van der Waals surface area contributed by atoms with E-state index in [2.05, 4.69) is 16.0 Å². The van der Waals surface area contributed by atoms with Crippen LogP contribution in [0.25, 0.3) is 0 Å². The van der Waals surface area contributed by atoms with Crippen LogP contribution in [0.5, 0.6) is 5.75 Å². The zero-order valence-electron chi connectivity index (χ0n) is 14.7. The Labute approximate surface area is 148 Å². The van der Waals surface area contributed by atoms with Crippen LogP contribution in [0.15, 0.2) is 24.3 Å². The maximum atomic E-state index is 12.1. The minimum Gasteiger partial charge on any atom is -0.497 e. The van der Waals surface area contributed by atoms with Gasteiger partial charge in [-0.1, -0.05) is 6.07 Å². The summed E-state index contributed by atoms with van der Waals surface area (Å²) < 4.78 is 5.11. The van der Waals surface area contributed by atoms with Gasteiger partial charge >= 0.3 is 0 Å². The normalized spacial score (nSPS) is 24.6. The fourth-order valence-electron chi connectivity index (χ4n) is 3.92. The predicted molar refractivity (Wildman–Crippen MR) is 95.6 cm³/mol. The lowest BCUT2D eigenvalue weighted by molar-refractivity contribution is -0.122. The van der Waals surface area contributed by atoms with E-state index in [0.29, 0.717) is 48.8 Å². The Morgan fingerprint density at radius 3 is 2.60 bits per heavy atom. The quantitative estimate of drug-likeness (QED) is 0.654. The Hall–Kier alpha value is -2.08. The molecule has 1 aromatic carbocycles. The lowest BCUT2D eigenvalue weighted by atomic mass is 9.89. The molecule has 3 rings (SSSR count). The molecule has 2 bridgehead atoms. The Kier molecular flexibility index (Phi) is 5.91. The van der Waals surface area contributed by atoms with Crippen molar-refractivity contribution in [2.45, 2.75) is 44.2 Å². The smallest absolute Gasteiger partial charge is 0.251 e. The first-order valence-corrected chi connectivity index (χ1v) is 9.09. The highest BCUT2D eigenvalue weighted by molar-refractivity contribution is 5.94. The van der Waals surface area contributed by atoms with Gasteiger partial charge < -0.3 is 20.7 Å². The van der Waals surface area contributed by atoms with Crippen LogP contribution >= 0.6 is 0 Å². The van der Waals surface area contributed by atoms with E-state index in [4.69, 9.17) is 4.74 Å². The summed E-state index contributed by atoms with van der Waals surface area (Å²) in [6.45, 7) is 0.867. The molecular weight excluding hydrogens is 318 g/mol. The molecule has 6 nitrogen and oxygen atoms in total. The molecule has 0 saturated carbocycles. The minimum absolute atomic E-state index is 0.0851. The Morgan fingerprint density at radius 1 is 1.16 bits per heavy atom. The molecule has 2 atom stereocenters. The third kappa shape index (κ3) is 4.95. The molecule has 2 unspecified atom stereocenters. The number of amides is 2. The fourth-order valence-corrected chi connectivity index (χ4v) is 3.92. The SMILES string of the molecule is COc1cccc(C(=O)NCCNC(=O)CC2CC3CCC(C2)N3)c1. The van der Waals surface area contributed by atoms with Gasteiger partial charge in [0.25, 0.3) is 5.91 Å². The van der Waals surface area contributed by atoms with Crippen molar-refractivity contribution in [1.82, 2.24) is 16.0 Å². The number of methoxy groups -OCH3 is 1. The largest absolute Gasteiger partial charge is 0.497 e. The van der Waals surface area contributed by atoms with Crippen LogP contribution in [-0.4, -0.2) is 44.1 Å². The van der Waals surface area contributed by atoms with Crippen molar-refractivity contribution in [3.05, 3.63) is 29.8 Å². The second-order valence-electron chi connectivity index (χ2n) is 7.02. The van der Waals surface area contributed by atoms with Gasteiger partial charge in [0.05, 0.1) is 7.11 Å². The van der Waals surface area contributed by atoms with E-state index in [9.17, 15) is 9.59 Å². The highest BCUT2D eigenvalue weighted by Crippen LogP contribution is 2.32. The van der Waals surface area contributed by atoms with Crippen LogP contribution in [0.3, 0.4) is 0 Å². The van der Waals surface area contributed by atoms with E-state index in [1.165, 1.54) is 12.8 Å². The molecule has 25 heavy (non-hydrogen) atoms. The van der Waals surface area contributed by atoms with Crippen molar-refractivity contribution in [3.63, 3.8) is 0 Å². The van der Waals surface area contributed by atoms with Crippen molar-refractivity contribution in [2.75, 3.05) is 20.2 Å². The van der Waals surface area contributed by atoms with E-state index in [-0.39, 0.29) is 11.8 Å². The molecule has 136 valence electrons. The Bertz CT molecular complexity index is 608. The molecule has 3 N–H and O–H groups in total. The summed E-state index contributed by atoms with van der Waals surface area (Å²) in [6.07, 6.45) is 5.31. The molecule has 0 aliphatic carbocycles. The number of hydrogen-bond acceptors (Lipinski definition) is 4. The van der Waals surface area contributed by atoms with Gasteiger partial charge in [-0.3, -0.25) is 9.59 Å². The number of piperidine rings is 1. The van der Waals surface area contributed by atoms with Crippen LogP contribution in [0.2, 0.25) is 0 Å². The lowest BCUT2D eigenvalue weighted by Crippen LogP contribution is -2.40. The molecule has 0 spiro atoms. The molecule has 2 heterocycles. The summed E-state index contributed by atoms with van der Waals surface area (Å²) in [7, 11) is 1.57. The van der Waals surface area contributed by atoms with E-state index < -0.39 is 0 Å². The zero-order chi connectivity index (χ0) is 17.6. The average Bonchev–Trinajstić information content (AvgIpc) is 2.97. The molecule has 2 aliphatic rings. The number of carbonyl (C=O) groups excluding carboxylic acids is 2. The molecule has 1 aromatic rings. The molecule has 0 radical (unpaired) electrons. The first-order chi connectivity index (χ1) is 12.1. The summed E-state index contributed by atoms with van der Waals surface area (Å²) in [5.74, 6) is 1.06. The molecule has 2 saturated heterocycles. The van der Waals surface area contributed by atoms with E-state index in [0.717, 1.165) is 12.8 Å². The number of rotatable bonds is 7. The monoisotopic (exact) mass is 345 g/mol. The summed E-state index contributed by atoms with van der Waals surface area (Å²) in [5, 5.41) is 9.32. The topological polar surface area (TPSA) is 79.5 Å². The van der Waals surface area contributed by atoms with Gasteiger partial charge in [-0.2, -0.15) is 0 Å². The van der Waals surface area contributed by atoms with Gasteiger partial charge in [-0.05, 0) is 49.8 Å². The van der Waals surface area contributed by atoms with Crippen molar-refractivity contribution in [1.29, 1.82) is 0 Å². The van der Waals surface area contributed by atoms with Gasteiger partial charge in [0.2, 0.25) is 5.91 Å². The second-order valence-corrected chi connectivity index (χ2v) is 7.02. The van der Waals surface area contributed by atoms with E-state index in [1.807, 2.05) is 0 Å². The van der Waals surface area contributed by atoms with Crippen molar-refractivity contribution >= 4 is 11.8 Å². The van der Waals surface area contributed by atoms with Crippen LogP contribution in [0.4, 0.5) is 0 Å². The van der Waals surface area contributed by atoms with Crippen molar-refractivity contribution < 1.29 is 14.3 Å². The first-order valence-electron chi connectivity index (χ1n) is 9.09. The number of ether oxygens (including phenoxy) is 1. The lowest BCUT2D eigenvalue weighted by Gasteiger charge is -2.28. The van der Waals surface area contributed by atoms with Gasteiger partial charge in [-0.15, -0.1) is 0 Å². The van der Waals surface area contributed by atoms with Crippen molar-refractivity contribution in [2.24, 2.45) is 5.92 Å². The zero-order valence-corrected chi connectivity index (χ0v) is 14.7. The van der Waals surface area contributed by atoms with E-state index >= 15 is 0 Å². The minimum atomic E-state index is -0.164. The van der Waals surface area contributed by atoms with Crippen LogP contribution < -0.4 is 20.7 Å². The third-order valence-electron chi connectivity index (χ3n) is 5.11. The van der Waals surface area contributed by atoms with Gasteiger partial charge in [0.1, 0.15) is 5.75 Å². The number of benzene rings is 1. The average molecular weight is 345 g/mol. The number of carbonyl (C=O) groups is 2. The summed E-state index contributed by atoms with van der Waals surface area (Å²) in [6, 6.07) is 8.23. The highest BCUT2D eigenvalue weighted by Gasteiger charge is 2.34. The second kappa shape index (κ2) is 8.34. The van der Waals surface area contributed by atoms with Gasteiger partial charge in [-0.25, -0.2) is 0 Å².